The Bertz CT molecular complexity index is 778. The van der Waals surface area contributed by atoms with Crippen LogP contribution in [0.25, 0.3) is 10.9 Å². The minimum Gasteiger partial charge on any atom is -0.309 e. The molecule has 0 aliphatic heterocycles. The highest BCUT2D eigenvalue weighted by Gasteiger charge is 2.15. The quantitative estimate of drug-likeness (QED) is 0.752. The third kappa shape index (κ3) is 2.71. The molecule has 0 saturated carbocycles. The summed E-state index contributed by atoms with van der Waals surface area (Å²) in [4.78, 5) is 4.45. The van der Waals surface area contributed by atoms with Crippen LogP contribution in [-0.2, 0) is 0 Å². The number of fused-ring (bicyclic) bond motifs is 1. The lowest BCUT2D eigenvalue weighted by atomic mass is 9.94. The Morgan fingerprint density at radius 3 is 2.71 bits per heavy atom. The number of halogens is 1. The minimum absolute atomic E-state index is 0.157. The molecule has 0 aliphatic carbocycles. The lowest BCUT2D eigenvalue weighted by Crippen LogP contribution is -2.18. The number of hydrogen-bond acceptors (Lipinski definition) is 2. The van der Waals surface area contributed by atoms with Crippen LogP contribution in [0.3, 0.4) is 0 Å². The van der Waals surface area contributed by atoms with Gasteiger partial charge in [0.2, 0.25) is 0 Å². The monoisotopic (exact) mass is 340 g/mol. The molecule has 1 aromatic heterocycles. The first-order valence-corrected chi connectivity index (χ1v) is 7.77. The van der Waals surface area contributed by atoms with Crippen LogP contribution >= 0.6 is 15.9 Å². The zero-order valence-corrected chi connectivity index (χ0v) is 13.7. The summed E-state index contributed by atoms with van der Waals surface area (Å²) >= 11 is 3.57. The Kier molecular flexibility index (Phi) is 4.04. The third-order valence-corrected chi connectivity index (χ3v) is 4.68. The van der Waals surface area contributed by atoms with Gasteiger partial charge in [-0.05, 0) is 48.9 Å². The van der Waals surface area contributed by atoms with E-state index in [-0.39, 0.29) is 6.04 Å². The van der Waals surface area contributed by atoms with Crippen LogP contribution in [0.15, 0.2) is 59.2 Å². The van der Waals surface area contributed by atoms with E-state index in [9.17, 15) is 0 Å². The van der Waals surface area contributed by atoms with Crippen molar-refractivity contribution in [2.45, 2.75) is 13.0 Å². The van der Waals surface area contributed by atoms with E-state index < -0.39 is 0 Å². The van der Waals surface area contributed by atoms with Crippen LogP contribution in [0.4, 0.5) is 0 Å². The number of nitrogens with one attached hydrogen (secondary N) is 1. The standard InChI is InChI=1S/C18H17BrN2/c1-12-11-13(8-9-16(12)19)18(20-2)15-5-3-7-17-14(15)6-4-10-21-17/h3-11,18,20H,1-2H3. The molecule has 0 fully saturated rings. The van der Waals surface area contributed by atoms with Crippen molar-refractivity contribution >= 4 is 26.8 Å². The van der Waals surface area contributed by atoms with E-state index in [1.54, 1.807) is 0 Å². The van der Waals surface area contributed by atoms with Crippen LogP contribution in [0.2, 0.25) is 0 Å². The Morgan fingerprint density at radius 1 is 1.10 bits per heavy atom. The fraction of sp³-hybridized carbons (Fsp3) is 0.167. The molecule has 2 aromatic carbocycles. The fourth-order valence-corrected chi connectivity index (χ4v) is 2.97. The minimum atomic E-state index is 0.157. The molecule has 106 valence electrons. The van der Waals surface area contributed by atoms with Gasteiger partial charge in [-0.3, -0.25) is 4.98 Å². The van der Waals surface area contributed by atoms with Crippen LogP contribution in [0.1, 0.15) is 22.7 Å². The van der Waals surface area contributed by atoms with Gasteiger partial charge in [0.05, 0.1) is 11.6 Å². The van der Waals surface area contributed by atoms with Gasteiger partial charge in [-0.2, -0.15) is 0 Å². The van der Waals surface area contributed by atoms with E-state index in [4.69, 9.17) is 0 Å². The first-order valence-electron chi connectivity index (χ1n) is 6.97. The summed E-state index contributed by atoms with van der Waals surface area (Å²) in [5.41, 5.74) is 4.79. The molecule has 1 atom stereocenters. The summed E-state index contributed by atoms with van der Waals surface area (Å²) < 4.78 is 1.14. The molecule has 2 nitrogen and oxygen atoms in total. The van der Waals surface area contributed by atoms with E-state index in [1.807, 2.05) is 19.3 Å². The molecule has 0 bridgehead atoms. The smallest absolute Gasteiger partial charge is 0.0705 e. The summed E-state index contributed by atoms with van der Waals surface area (Å²) in [5, 5.41) is 4.62. The average Bonchev–Trinajstić information content (AvgIpc) is 2.52. The van der Waals surface area contributed by atoms with Gasteiger partial charge in [-0.15, -0.1) is 0 Å². The summed E-state index contributed by atoms with van der Waals surface area (Å²) in [6.45, 7) is 2.12. The summed E-state index contributed by atoms with van der Waals surface area (Å²) in [7, 11) is 2.00. The lowest BCUT2D eigenvalue weighted by Gasteiger charge is -2.20. The largest absolute Gasteiger partial charge is 0.309 e. The molecule has 21 heavy (non-hydrogen) atoms. The third-order valence-electron chi connectivity index (χ3n) is 3.79. The molecule has 0 spiro atoms. The molecule has 0 amide bonds. The van der Waals surface area contributed by atoms with Gasteiger partial charge in [0.1, 0.15) is 0 Å². The van der Waals surface area contributed by atoms with Gasteiger partial charge in [0, 0.05) is 16.1 Å². The summed E-state index contributed by atoms with van der Waals surface area (Å²) in [5.74, 6) is 0. The van der Waals surface area contributed by atoms with Crippen LogP contribution in [-0.4, -0.2) is 12.0 Å². The van der Waals surface area contributed by atoms with E-state index in [0.29, 0.717) is 0 Å². The van der Waals surface area contributed by atoms with Gasteiger partial charge < -0.3 is 5.32 Å². The normalized spacial score (nSPS) is 12.5. The van der Waals surface area contributed by atoms with Crippen LogP contribution in [0.5, 0.6) is 0 Å². The van der Waals surface area contributed by atoms with E-state index in [0.717, 1.165) is 9.99 Å². The zero-order chi connectivity index (χ0) is 14.8. The molecule has 1 N–H and O–H groups in total. The average molecular weight is 341 g/mol. The molecular formula is C18H17BrN2. The highest BCUT2D eigenvalue weighted by atomic mass is 79.9. The van der Waals surface area contributed by atoms with Gasteiger partial charge in [0.25, 0.3) is 0 Å². The first-order chi connectivity index (χ1) is 10.2. The van der Waals surface area contributed by atoms with Crippen molar-refractivity contribution in [3.8, 4) is 0 Å². The molecule has 0 saturated heterocycles. The molecule has 3 heteroatoms. The second kappa shape index (κ2) is 5.96. The first kappa shape index (κ1) is 14.2. The highest BCUT2D eigenvalue weighted by Crippen LogP contribution is 2.29. The number of hydrogen-bond donors (Lipinski definition) is 1. The molecular weight excluding hydrogens is 324 g/mol. The van der Waals surface area contributed by atoms with Crippen LogP contribution in [0, 0.1) is 6.92 Å². The van der Waals surface area contributed by atoms with Gasteiger partial charge in [0.15, 0.2) is 0 Å². The van der Waals surface area contributed by atoms with Gasteiger partial charge >= 0.3 is 0 Å². The van der Waals surface area contributed by atoms with Crippen molar-refractivity contribution in [2.75, 3.05) is 7.05 Å². The number of rotatable bonds is 3. The highest BCUT2D eigenvalue weighted by molar-refractivity contribution is 9.10. The zero-order valence-electron chi connectivity index (χ0n) is 12.1. The predicted octanol–water partition coefficient (Wildman–Crippen LogP) is 4.61. The topological polar surface area (TPSA) is 24.9 Å². The molecule has 0 radical (unpaired) electrons. The van der Waals surface area contributed by atoms with Crippen molar-refractivity contribution in [1.29, 1.82) is 0 Å². The maximum Gasteiger partial charge on any atom is 0.0705 e. The SMILES string of the molecule is CNC(c1ccc(Br)c(C)c1)c1cccc2ncccc12. The van der Waals surface area contributed by atoms with Crippen molar-refractivity contribution in [3.05, 3.63) is 75.9 Å². The summed E-state index contributed by atoms with van der Waals surface area (Å²) in [6, 6.07) is 17.1. The van der Waals surface area contributed by atoms with Crippen molar-refractivity contribution in [1.82, 2.24) is 10.3 Å². The maximum atomic E-state index is 4.45. The second-order valence-corrected chi connectivity index (χ2v) is 6.00. The van der Waals surface area contributed by atoms with Crippen molar-refractivity contribution < 1.29 is 0 Å². The van der Waals surface area contributed by atoms with Gasteiger partial charge in [-0.25, -0.2) is 0 Å². The van der Waals surface area contributed by atoms with Crippen molar-refractivity contribution in [3.63, 3.8) is 0 Å². The van der Waals surface area contributed by atoms with E-state index in [1.165, 1.54) is 22.1 Å². The molecule has 1 heterocycles. The Hall–Kier alpha value is -1.71. The fourth-order valence-electron chi connectivity index (χ4n) is 2.73. The molecule has 1 unspecified atom stereocenters. The Morgan fingerprint density at radius 2 is 1.95 bits per heavy atom. The number of aromatic nitrogens is 1. The molecule has 3 aromatic rings. The van der Waals surface area contributed by atoms with E-state index >= 15 is 0 Å². The molecule has 0 aliphatic rings. The molecule has 3 rings (SSSR count). The number of aryl methyl sites for hydroxylation is 1. The predicted molar refractivity (Wildman–Crippen MR) is 91.5 cm³/mol. The lowest BCUT2D eigenvalue weighted by molar-refractivity contribution is 0.696. The summed E-state index contributed by atoms with van der Waals surface area (Å²) in [6.07, 6.45) is 1.84. The second-order valence-electron chi connectivity index (χ2n) is 5.15. The maximum absolute atomic E-state index is 4.45. The van der Waals surface area contributed by atoms with E-state index in [2.05, 4.69) is 75.6 Å². The van der Waals surface area contributed by atoms with Crippen molar-refractivity contribution in [2.24, 2.45) is 0 Å². The Balaban J connectivity index is 2.16. The number of benzene rings is 2. The number of pyridine rings is 1. The van der Waals surface area contributed by atoms with Crippen LogP contribution < -0.4 is 5.32 Å². The van der Waals surface area contributed by atoms with Gasteiger partial charge in [-0.1, -0.05) is 46.3 Å². The Labute approximate surface area is 133 Å². The number of nitrogens with zero attached hydrogens (tertiary/aromatic N) is 1.